The zero-order valence-corrected chi connectivity index (χ0v) is 19.1. The van der Waals surface area contributed by atoms with Crippen molar-refractivity contribution in [3.05, 3.63) is 59.7 Å². The van der Waals surface area contributed by atoms with Crippen LogP contribution in [0, 0.1) is 6.92 Å². The normalized spacial score (nSPS) is 25.5. The zero-order valence-electron chi connectivity index (χ0n) is 19.1. The maximum atomic E-state index is 13.4. The molecule has 176 valence electrons. The molecule has 8 nitrogen and oxygen atoms in total. The Bertz CT molecular complexity index is 1750. The molecule has 4 atom stereocenters. The van der Waals surface area contributed by atoms with Gasteiger partial charge in [-0.05, 0) is 31.5 Å². The molecular weight excluding hydrogens is 446 g/mol. The molecule has 2 amide bonds. The monoisotopic (exact) mass is 469 g/mol. The Kier molecular flexibility index (Phi) is 3.95. The topological polar surface area (TPSA) is 106 Å². The van der Waals surface area contributed by atoms with Gasteiger partial charge in [-0.2, -0.15) is 0 Å². The van der Waals surface area contributed by atoms with Gasteiger partial charge in [0.2, 0.25) is 6.41 Å². The van der Waals surface area contributed by atoms with Gasteiger partial charge < -0.3 is 24.1 Å². The van der Waals surface area contributed by atoms with Crippen LogP contribution in [0.5, 0.6) is 0 Å². The van der Waals surface area contributed by atoms with Crippen LogP contribution in [0.2, 0.25) is 0 Å². The maximum absolute atomic E-state index is 13.4. The van der Waals surface area contributed by atoms with E-state index < -0.39 is 30.1 Å². The van der Waals surface area contributed by atoms with Crippen LogP contribution in [-0.4, -0.2) is 43.9 Å². The molecule has 3 N–H and O–H groups in total. The van der Waals surface area contributed by atoms with Crippen molar-refractivity contribution in [2.75, 3.05) is 0 Å². The third-order valence-corrected chi connectivity index (χ3v) is 7.89. The molecule has 0 aliphatic carbocycles. The second kappa shape index (κ2) is 6.69. The number of nitrogens with one attached hydrogen (secondary N) is 1. The lowest BCUT2D eigenvalue weighted by atomic mass is 9.95. The Morgan fingerprint density at radius 3 is 2.43 bits per heavy atom. The highest BCUT2D eigenvalue weighted by molar-refractivity contribution is 6.30. The summed E-state index contributed by atoms with van der Waals surface area (Å²) >= 11 is 0. The smallest absolute Gasteiger partial charge is 0.258 e. The number of ether oxygens (including phenoxy) is 1. The average Bonchev–Trinajstić information content (AvgIpc) is 3.34. The summed E-state index contributed by atoms with van der Waals surface area (Å²) in [4.78, 5) is 24.7. The van der Waals surface area contributed by atoms with Gasteiger partial charge in [0.05, 0.1) is 33.7 Å². The molecule has 0 unspecified atom stereocenters. The van der Waals surface area contributed by atoms with Gasteiger partial charge in [0.25, 0.3) is 5.91 Å². The molecule has 4 heterocycles. The average molecular weight is 469 g/mol. The van der Waals surface area contributed by atoms with Crippen molar-refractivity contribution in [3.63, 3.8) is 0 Å². The van der Waals surface area contributed by atoms with E-state index in [2.05, 4.69) is 9.88 Å². The fourth-order valence-corrected chi connectivity index (χ4v) is 6.50. The number of imide groups is 1. The lowest BCUT2D eigenvalue weighted by molar-refractivity contribution is -0.272. The highest BCUT2D eigenvalue weighted by Crippen LogP contribution is 2.52. The fraction of sp³-hybridized carbons (Fsp3) is 0.259. The van der Waals surface area contributed by atoms with E-state index in [-0.39, 0.29) is 6.42 Å². The molecule has 2 aliphatic heterocycles. The van der Waals surface area contributed by atoms with E-state index in [1.807, 2.05) is 60.0 Å². The Morgan fingerprint density at radius 1 is 1.06 bits per heavy atom. The highest BCUT2D eigenvalue weighted by Gasteiger charge is 2.51. The highest BCUT2D eigenvalue weighted by atomic mass is 16.6. The number of carbonyl (C=O) groups excluding carboxylic acids is 2. The van der Waals surface area contributed by atoms with E-state index >= 15 is 0 Å². The number of hydrogen-bond donors (Lipinski definition) is 3. The number of fused-ring (bicyclic) bond motifs is 10. The molecule has 0 radical (unpaired) electrons. The summed E-state index contributed by atoms with van der Waals surface area (Å²) in [5, 5.41) is 27.9. The van der Waals surface area contributed by atoms with Crippen LogP contribution in [0.15, 0.2) is 48.5 Å². The first-order valence-corrected chi connectivity index (χ1v) is 11.7. The minimum atomic E-state index is -1.30. The van der Waals surface area contributed by atoms with Gasteiger partial charge in [-0.3, -0.25) is 14.9 Å². The van der Waals surface area contributed by atoms with Gasteiger partial charge in [-0.15, -0.1) is 0 Å². The number of carbonyl (C=O) groups is 2. The van der Waals surface area contributed by atoms with E-state index in [0.29, 0.717) is 17.4 Å². The number of aryl methyl sites for hydroxylation is 1. The SMILES string of the molecule is Cc1c(C(=O)NC=O)c2c3ccccc3n3c2c2c1c1ccccc1n2[C@H]1C[C@H](O)[C@@H](O)[C@]3(C)O1. The van der Waals surface area contributed by atoms with Crippen molar-refractivity contribution < 1.29 is 24.5 Å². The van der Waals surface area contributed by atoms with Crippen molar-refractivity contribution in [3.8, 4) is 0 Å². The molecule has 0 saturated carbocycles. The number of aliphatic hydroxyl groups excluding tert-OH is 2. The minimum absolute atomic E-state index is 0.223. The lowest BCUT2D eigenvalue weighted by Crippen LogP contribution is -2.55. The number of hydrogen-bond acceptors (Lipinski definition) is 5. The summed E-state index contributed by atoms with van der Waals surface area (Å²) in [6.45, 7) is 3.69. The number of benzene rings is 3. The van der Waals surface area contributed by atoms with Crippen molar-refractivity contribution in [2.24, 2.45) is 0 Å². The molecule has 1 saturated heterocycles. The standard InChI is InChI=1S/C27H23N3O5/c1-13-20-14-7-3-5-9-16(14)29-19-11-18(32)25(33)27(2,35-19)30-17-10-6-4-8-15(17)22(24(30)23(20)29)21(13)26(34)28-12-31/h3-10,12,18-19,25,32-33H,11H2,1-2H3,(H,28,31,34)/t18-,19+,25+,27-/m0/s1. The first-order valence-electron chi connectivity index (χ1n) is 11.7. The quantitative estimate of drug-likeness (QED) is 0.344. The first-order chi connectivity index (χ1) is 16.9. The molecule has 7 rings (SSSR count). The number of para-hydroxylation sites is 2. The number of amides is 2. The van der Waals surface area contributed by atoms with Crippen LogP contribution < -0.4 is 5.32 Å². The van der Waals surface area contributed by atoms with Crippen LogP contribution in [0.4, 0.5) is 0 Å². The predicted molar refractivity (Wildman–Crippen MR) is 131 cm³/mol. The molecule has 0 spiro atoms. The van der Waals surface area contributed by atoms with Gasteiger partial charge in [0.15, 0.2) is 5.72 Å². The third kappa shape index (κ3) is 2.31. The summed E-state index contributed by atoms with van der Waals surface area (Å²) < 4.78 is 10.7. The summed E-state index contributed by atoms with van der Waals surface area (Å²) in [5.41, 5.74) is 3.16. The summed E-state index contributed by atoms with van der Waals surface area (Å²) in [6.07, 6.45) is -2.12. The Labute approximate surface area is 199 Å². The zero-order chi connectivity index (χ0) is 24.2. The first kappa shape index (κ1) is 20.6. The minimum Gasteiger partial charge on any atom is -0.390 e. The molecule has 2 aliphatic rings. The molecule has 3 aromatic carbocycles. The van der Waals surface area contributed by atoms with Gasteiger partial charge in [-0.25, -0.2) is 0 Å². The Morgan fingerprint density at radius 2 is 1.71 bits per heavy atom. The largest absolute Gasteiger partial charge is 0.390 e. The van der Waals surface area contributed by atoms with E-state index in [1.54, 1.807) is 6.92 Å². The molecule has 35 heavy (non-hydrogen) atoms. The molecule has 2 bridgehead atoms. The summed E-state index contributed by atoms with van der Waals surface area (Å²) in [7, 11) is 0. The number of nitrogens with zero attached hydrogens (tertiary/aromatic N) is 2. The Balaban J connectivity index is 1.86. The number of rotatable bonds is 2. The molecule has 1 fully saturated rings. The summed E-state index contributed by atoms with van der Waals surface area (Å²) in [5.74, 6) is -0.488. The maximum Gasteiger partial charge on any atom is 0.258 e. The van der Waals surface area contributed by atoms with E-state index in [0.717, 1.165) is 43.8 Å². The lowest BCUT2D eigenvalue weighted by Gasteiger charge is -2.45. The van der Waals surface area contributed by atoms with Crippen LogP contribution >= 0.6 is 0 Å². The Hall–Kier alpha value is -3.72. The van der Waals surface area contributed by atoms with E-state index in [9.17, 15) is 19.8 Å². The predicted octanol–water partition coefficient (Wildman–Crippen LogP) is 3.42. The molecule has 5 aromatic rings. The van der Waals surface area contributed by atoms with Crippen LogP contribution in [0.1, 0.15) is 35.5 Å². The van der Waals surface area contributed by atoms with E-state index in [4.69, 9.17) is 4.74 Å². The van der Waals surface area contributed by atoms with Crippen molar-refractivity contribution in [1.29, 1.82) is 0 Å². The number of aliphatic hydroxyl groups is 2. The summed E-state index contributed by atoms with van der Waals surface area (Å²) in [6, 6.07) is 15.6. The van der Waals surface area contributed by atoms with Crippen LogP contribution in [0.25, 0.3) is 43.6 Å². The van der Waals surface area contributed by atoms with E-state index in [1.165, 1.54) is 0 Å². The molecule has 2 aromatic heterocycles. The van der Waals surface area contributed by atoms with Crippen molar-refractivity contribution in [1.82, 2.24) is 14.5 Å². The van der Waals surface area contributed by atoms with Gasteiger partial charge in [0, 0.05) is 28.0 Å². The van der Waals surface area contributed by atoms with Crippen LogP contribution in [-0.2, 0) is 15.3 Å². The fourth-order valence-electron chi connectivity index (χ4n) is 6.50. The molecular formula is C27H23N3O5. The third-order valence-electron chi connectivity index (χ3n) is 7.89. The van der Waals surface area contributed by atoms with Gasteiger partial charge in [-0.1, -0.05) is 36.4 Å². The van der Waals surface area contributed by atoms with Crippen LogP contribution in [0.3, 0.4) is 0 Å². The van der Waals surface area contributed by atoms with Gasteiger partial charge in [0.1, 0.15) is 12.3 Å². The molecule has 8 heteroatoms. The van der Waals surface area contributed by atoms with Gasteiger partial charge >= 0.3 is 0 Å². The van der Waals surface area contributed by atoms with Crippen molar-refractivity contribution in [2.45, 2.75) is 44.4 Å². The number of aromatic nitrogens is 2. The second-order valence-corrected chi connectivity index (χ2v) is 9.65. The van der Waals surface area contributed by atoms with Crippen molar-refractivity contribution >= 4 is 55.9 Å². The second-order valence-electron chi connectivity index (χ2n) is 9.65.